The van der Waals surface area contributed by atoms with Crippen LogP contribution in [0.15, 0.2) is 48.5 Å². The zero-order chi connectivity index (χ0) is 25.4. The second kappa shape index (κ2) is 12.4. The molecule has 188 valence electrons. The first-order valence-corrected chi connectivity index (χ1v) is 12.4. The van der Waals surface area contributed by atoms with E-state index >= 15 is 0 Å². The van der Waals surface area contributed by atoms with Gasteiger partial charge in [-0.2, -0.15) is 0 Å². The molecule has 0 saturated heterocycles. The van der Waals surface area contributed by atoms with E-state index < -0.39 is 18.1 Å². The molecule has 0 radical (unpaired) electrons. The van der Waals surface area contributed by atoms with Gasteiger partial charge in [-0.3, -0.25) is 9.59 Å². The Kier molecular flexibility index (Phi) is 9.29. The van der Waals surface area contributed by atoms with Crippen molar-refractivity contribution in [1.82, 2.24) is 10.6 Å². The number of ether oxygens (including phenoxy) is 1. The first-order valence-electron chi connectivity index (χ1n) is 12.4. The number of hydrogen-bond acceptors (Lipinski definition) is 4. The van der Waals surface area contributed by atoms with Crippen LogP contribution in [0.25, 0.3) is 11.1 Å². The Morgan fingerprint density at radius 1 is 1.00 bits per heavy atom. The van der Waals surface area contributed by atoms with Gasteiger partial charge < -0.3 is 20.5 Å². The minimum Gasteiger partial charge on any atom is -0.481 e. The number of nitrogens with one attached hydrogen (secondary N) is 2. The number of carboxylic acids is 1. The van der Waals surface area contributed by atoms with Crippen molar-refractivity contribution in [1.29, 1.82) is 0 Å². The zero-order valence-electron chi connectivity index (χ0n) is 20.8. The van der Waals surface area contributed by atoms with Gasteiger partial charge in [0.05, 0.1) is 6.42 Å². The van der Waals surface area contributed by atoms with E-state index in [1.165, 1.54) is 0 Å². The van der Waals surface area contributed by atoms with Crippen molar-refractivity contribution >= 4 is 18.0 Å². The summed E-state index contributed by atoms with van der Waals surface area (Å²) in [5, 5.41) is 14.7. The fourth-order valence-electron chi connectivity index (χ4n) is 4.58. The molecular weight excluding hydrogens is 444 g/mol. The third-order valence-electron chi connectivity index (χ3n) is 6.72. The quantitative estimate of drug-likeness (QED) is 0.399. The van der Waals surface area contributed by atoms with E-state index in [1.807, 2.05) is 45.0 Å². The van der Waals surface area contributed by atoms with Gasteiger partial charge in [-0.15, -0.1) is 0 Å². The molecule has 7 nitrogen and oxygen atoms in total. The summed E-state index contributed by atoms with van der Waals surface area (Å²) in [5.41, 5.74) is 4.55. The van der Waals surface area contributed by atoms with Gasteiger partial charge in [-0.25, -0.2) is 4.79 Å². The molecule has 0 bridgehead atoms. The summed E-state index contributed by atoms with van der Waals surface area (Å²) in [4.78, 5) is 36.7. The molecule has 0 aliphatic heterocycles. The predicted octanol–water partition coefficient (Wildman–Crippen LogP) is 4.95. The minimum atomic E-state index is -0.891. The lowest BCUT2D eigenvalue weighted by molar-refractivity contribution is -0.138. The number of alkyl carbamates (subject to hydrolysis) is 1. The molecule has 7 heteroatoms. The average molecular weight is 481 g/mol. The third kappa shape index (κ3) is 6.84. The van der Waals surface area contributed by atoms with Gasteiger partial charge in [0.2, 0.25) is 5.91 Å². The number of rotatable bonds is 12. The highest BCUT2D eigenvalue weighted by Crippen LogP contribution is 2.44. The topological polar surface area (TPSA) is 105 Å². The van der Waals surface area contributed by atoms with Crippen molar-refractivity contribution in [2.45, 2.75) is 58.4 Å². The van der Waals surface area contributed by atoms with E-state index in [4.69, 9.17) is 9.84 Å². The highest BCUT2D eigenvalue weighted by Gasteiger charge is 2.30. The van der Waals surface area contributed by atoms with Gasteiger partial charge >= 0.3 is 12.1 Å². The predicted molar refractivity (Wildman–Crippen MR) is 135 cm³/mol. The van der Waals surface area contributed by atoms with Gasteiger partial charge in [-0.1, -0.05) is 82.1 Å². The monoisotopic (exact) mass is 480 g/mol. The van der Waals surface area contributed by atoms with Crippen molar-refractivity contribution in [2.24, 2.45) is 11.8 Å². The molecule has 1 aliphatic carbocycles. The van der Waals surface area contributed by atoms with Crippen LogP contribution >= 0.6 is 0 Å². The molecule has 0 spiro atoms. The fourth-order valence-corrected chi connectivity index (χ4v) is 4.58. The molecule has 2 aromatic rings. The van der Waals surface area contributed by atoms with Crippen LogP contribution in [0, 0.1) is 11.8 Å². The summed E-state index contributed by atoms with van der Waals surface area (Å²) in [6, 6.07) is 15.5. The highest BCUT2D eigenvalue weighted by molar-refractivity contribution is 5.85. The maximum absolute atomic E-state index is 12.9. The van der Waals surface area contributed by atoms with Crippen LogP contribution in [0.3, 0.4) is 0 Å². The molecule has 2 unspecified atom stereocenters. The van der Waals surface area contributed by atoms with E-state index in [0.717, 1.165) is 35.1 Å². The van der Waals surface area contributed by atoms with E-state index in [2.05, 4.69) is 34.9 Å². The van der Waals surface area contributed by atoms with Crippen LogP contribution in [-0.2, 0) is 14.3 Å². The summed E-state index contributed by atoms with van der Waals surface area (Å²) in [6.45, 7) is 6.31. The number of carbonyl (C=O) groups is 3. The van der Waals surface area contributed by atoms with Crippen molar-refractivity contribution in [3.63, 3.8) is 0 Å². The number of unbranched alkanes of at least 4 members (excludes halogenated alkanes) is 1. The van der Waals surface area contributed by atoms with Crippen LogP contribution in [0.1, 0.15) is 63.5 Å². The number of aliphatic carboxylic acids is 1. The van der Waals surface area contributed by atoms with E-state index in [-0.39, 0.29) is 43.2 Å². The molecule has 2 atom stereocenters. The Balaban J connectivity index is 1.60. The Bertz CT molecular complexity index is 990. The van der Waals surface area contributed by atoms with Crippen molar-refractivity contribution in [3.05, 3.63) is 59.7 Å². The van der Waals surface area contributed by atoms with Gasteiger partial charge in [0.1, 0.15) is 12.6 Å². The number of benzene rings is 2. The van der Waals surface area contributed by atoms with Gasteiger partial charge in [-0.05, 0) is 40.5 Å². The molecule has 3 N–H and O–H groups in total. The molecule has 0 fully saturated rings. The van der Waals surface area contributed by atoms with Crippen LogP contribution in [0.2, 0.25) is 0 Å². The highest BCUT2D eigenvalue weighted by atomic mass is 16.5. The summed E-state index contributed by atoms with van der Waals surface area (Å²) >= 11 is 0. The van der Waals surface area contributed by atoms with Crippen molar-refractivity contribution in [2.75, 3.05) is 13.2 Å². The molecule has 2 aromatic carbocycles. The number of fused-ring (bicyclic) bond motifs is 3. The van der Waals surface area contributed by atoms with Crippen LogP contribution in [0.4, 0.5) is 4.79 Å². The van der Waals surface area contributed by atoms with E-state index in [0.29, 0.717) is 6.42 Å². The molecular formula is C28H36N2O5. The summed E-state index contributed by atoms with van der Waals surface area (Å²) in [5.74, 6) is -1.34. The third-order valence-corrected chi connectivity index (χ3v) is 6.72. The molecule has 3 rings (SSSR count). The number of carboxylic acid groups (broad SMARTS) is 1. The maximum Gasteiger partial charge on any atom is 0.407 e. The maximum atomic E-state index is 12.9. The lowest BCUT2D eigenvalue weighted by Crippen LogP contribution is -2.48. The average Bonchev–Trinajstić information content (AvgIpc) is 3.16. The molecule has 35 heavy (non-hydrogen) atoms. The Morgan fingerprint density at radius 3 is 2.14 bits per heavy atom. The number of amides is 2. The second-order valence-electron chi connectivity index (χ2n) is 9.51. The van der Waals surface area contributed by atoms with Crippen molar-refractivity contribution < 1.29 is 24.2 Å². The normalized spacial score (nSPS) is 14.1. The van der Waals surface area contributed by atoms with Crippen molar-refractivity contribution in [3.8, 4) is 11.1 Å². The smallest absolute Gasteiger partial charge is 0.407 e. The fraction of sp³-hybridized carbons (Fsp3) is 0.464. The lowest BCUT2D eigenvalue weighted by atomic mass is 9.92. The van der Waals surface area contributed by atoms with Gasteiger partial charge in [0.25, 0.3) is 0 Å². The minimum absolute atomic E-state index is 0.0165. The first-order chi connectivity index (χ1) is 16.8. The van der Waals surface area contributed by atoms with Crippen LogP contribution in [-0.4, -0.2) is 42.3 Å². The Morgan fingerprint density at radius 2 is 1.60 bits per heavy atom. The van der Waals surface area contributed by atoms with Gasteiger partial charge in [0, 0.05) is 12.5 Å². The standard InChI is InChI=1S/C28H36N2O5/c1-4-5-14-25(27(33)29-16-19(18(2)3)15-26(31)32)30-28(34)35-17-24-22-12-8-6-10-20(22)21-11-7-9-13-23(21)24/h6-13,18-19,24-25H,4-5,14-17H2,1-3H3,(H,29,33)(H,30,34)(H,31,32). The Hall–Kier alpha value is -3.35. The van der Waals surface area contributed by atoms with Crippen LogP contribution < -0.4 is 10.6 Å². The second-order valence-corrected chi connectivity index (χ2v) is 9.51. The molecule has 0 heterocycles. The summed E-state index contributed by atoms with van der Waals surface area (Å²) in [6.07, 6.45) is 1.48. The number of carbonyl (C=O) groups excluding carboxylic acids is 2. The molecule has 1 aliphatic rings. The Labute approximate surface area is 207 Å². The largest absolute Gasteiger partial charge is 0.481 e. The first kappa shape index (κ1) is 26.3. The van der Waals surface area contributed by atoms with Gasteiger partial charge in [0.15, 0.2) is 0 Å². The zero-order valence-corrected chi connectivity index (χ0v) is 20.8. The number of hydrogen-bond donors (Lipinski definition) is 3. The van der Waals surface area contributed by atoms with Crippen LogP contribution in [0.5, 0.6) is 0 Å². The molecule has 0 saturated carbocycles. The summed E-state index contributed by atoms with van der Waals surface area (Å²) < 4.78 is 5.61. The summed E-state index contributed by atoms with van der Waals surface area (Å²) in [7, 11) is 0. The lowest BCUT2D eigenvalue weighted by Gasteiger charge is -2.23. The SMILES string of the molecule is CCCCC(NC(=O)OCC1c2ccccc2-c2ccccc21)C(=O)NCC(CC(=O)O)C(C)C. The molecule has 2 amide bonds. The van der Waals surface area contributed by atoms with E-state index in [1.54, 1.807) is 0 Å². The van der Waals surface area contributed by atoms with E-state index in [9.17, 15) is 14.4 Å². The molecule has 0 aromatic heterocycles.